The Morgan fingerprint density at radius 3 is 2.47 bits per heavy atom. The van der Waals surface area contributed by atoms with Gasteiger partial charge in [-0.3, -0.25) is 9.52 Å². The molecule has 3 rings (SSSR count). The van der Waals surface area contributed by atoms with Crippen LogP contribution >= 0.6 is 0 Å². The molecule has 1 amide bonds. The molecule has 12 heteroatoms. The number of halogens is 3. The first-order valence-electron chi connectivity index (χ1n) is 9.43. The minimum absolute atomic E-state index is 0.0796. The van der Waals surface area contributed by atoms with Gasteiger partial charge in [-0.25, -0.2) is 21.6 Å². The monoisotopic (exact) mass is 474 g/mol. The van der Waals surface area contributed by atoms with Gasteiger partial charge < -0.3 is 19.9 Å². The van der Waals surface area contributed by atoms with E-state index in [0.29, 0.717) is 12.1 Å². The molecule has 0 radical (unpaired) electrons. The fourth-order valence-corrected chi connectivity index (χ4v) is 4.09. The Hall–Kier alpha value is -2.67. The van der Waals surface area contributed by atoms with E-state index in [1.165, 1.54) is 12.1 Å². The van der Waals surface area contributed by atoms with Gasteiger partial charge in [0, 0.05) is 24.2 Å². The first-order chi connectivity index (χ1) is 14.9. The van der Waals surface area contributed by atoms with E-state index in [1.54, 1.807) is 18.6 Å². The Labute approximate surface area is 182 Å². The summed E-state index contributed by atoms with van der Waals surface area (Å²) in [6, 6.07) is 5.33. The number of rotatable bonds is 7. The molecule has 0 saturated carbocycles. The molecule has 2 atom stereocenters. The predicted octanol–water partition coefficient (Wildman–Crippen LogP) is 2.15. The molecule has 0 aromatic heterocycles. The zero-order valence-corrected chi connectivity index (χ0v) is 17.9. The van der Waals surface area contributed by atoms with Gasteiger partial charge in [0.15, 0.2) is 17.4 Å². The molecule has 0 bridgehead atoms. The number of ether oxygens (including phenoxy) is 2. The topological polar surface area (TPSA) is 114 Å². The largest absolute Gasteiger partial charge is 0.388 e. The Morgan fingerprint density at radius 2 is 1.88 bits per heavy atom. The highest BCUT2D eigenvalue weighted by Gasteiger charge is 2.36. The maximum absolute atomic E-state index is 13.8. The average molecular weight is 474 g/mol. The van der Waals surface area contributed by atoms with Crippen LogP contribution in [0.15, 0.2) is 41.3 Å². The number of sulfonamides is 1. The summed E-state index contributed by atoms with van der Waals surface area (Å²) in [5.74, 6) is -5.62. The molecule has 32 heavy (non-hydrogen) atoms. The molecular formula is C20H21F3N2O6S. The zero-order valence-electron chi connectivity index (χ0n) is 17.1. The van der Waals surface area contributed by atoms with Crippen molar-refractivity contribution >= 4 is 21.6 Å². The summed E-state index contributed by atoms with van der Waals surface area (Å²) in [4.78, 5) is 11.9. The van der Waals surface area contributed by atoms with Crippen molar-refractivity contribution in [3.8, 4) is 0 Å². The number of amides is 1. The summed E-state index contributed by atoms with van der Waals surface area (Å²) in [7, 11) is -4.50. The van der Waals surface area contributed by atoms with Gasteiger partial charge in [0.25, 0.3) is 15.9 Å². The third-order valence-electron chi connectivity index (χ3n) is 4.58. The summed E-state index contributed by atoms with van der Waals surface area (Å²) < 4.78 is 78.3. The van der Waals surface area contributed by atoms with E-state index in [0.717, 1.165) is 12.1 Å². The second-order valence-electron chi connectivity index (χ2n) is 7.52. The third kappa shape index (κ3) is 5.57. The summed E-state index contributed by atoms with van der Waals surface area (Å²) in [6.45, 7) is 3.31. The number of aliphatic hydroxyl groups is 1. The van der Waals surface area contributed by atoms with Crippen LogP contribution in [0.3, 0.4) is 0 Å². The van der Waals surface area contributed by atoms with Crippen LogP contribution < -0.4 is 10.0 Å². The molecule has 8 nitrogen and oxygen atoms in total. The van der Waals surface area contributed by atoms with Crippen molar-refractivity contribution in [2.45, 2.75) is 36.7 Å². The highest BCUT2D eigenvalue weighted by molar-refractivity contribution is 7.92. The van der Waals surface area contributed by atoms with Crippen molar-refractivity contribution in [2.24, 2.45) is 0 Å². The molecule has 3 N–H and O–H groups in total. The molecule has 2 unspecified atom stereocenters. The minimum Gasteiger partial charge on any atom is -0.388 e. The van der Waals surface area contributed by atoms with Gasteiger partial charge in [-0.2, -0.15) is 0 Å². The molecular weight excluding hydrogens is 453 g/mol. The van der Waals surface area contributed by atoms with E-state index < -0.39 is 62.0 Å². The Bertz CT molecular complexity index is 1100. The van der Waals surface area contributed by atoms with Gasteiger partial charge >= 0.3 is 0 Å². The lowest BCUT2D eigenvalue weighted by molar-refractivity contribution is -0.150. The summed E-state index contributed by atoms with van der Waals surface area (Å²) in [6.07, 6.45) is -1.72. The van der Waals surface area contributed by atoms with Crippen molar-refractivity contribution in [1.82, 2.24) is 5.32 Å². The van der Waals surface area contributed by atoms with Crippen LogP contribution in [0.1, 0.15) is 24.2 Å². The van der Waals surface area contributed by atoms with E-state index in [9.17, 15) is 31.5 Å². The Balaban J connectivity index is 1.70. The predicted molar refractivity (Wildman–Crippen MR) is 107 cm³/mol. The van der Waals surface area contributed by atoms with Crippen molar-refractivity contribution in [1.29, 1.82) is 0 Å². The number of carbonyl (C=O) groups is 1. The number of aliphatic hydroxyl groups excluding tert-OH is 1. The van der Waals surface area contributed by atoms with Crippen LogP contribution in [0.25, 0.3) is 0 Å². The van der Waals surface area contributed by atoms with E-state index >= 15 is 0 Å². The molecule has 1 fully saturated rings. The Morgan fingerprint density at radius 1 is 1.22 bits per heavy atom. The number of hydrogen-bond donors (Lipinski definition) is 3. The van der Waals surface area contributed by atoms with Crippen molar-refractivity contribution in [3.05, 3.63) is 59.4 Å². The molecule has 0 spiro atoms. The Kier molecular flexibility index (Phi) is 6.79. The van der Waals surface area contributed by atoms with Gasteiger partial charge in [0.2, 0.25) is 0 Å². The molecule has 1 saturated heterocycles. The van der Waals surface area contributed by atoms with E-state index in [4.69, 9.17) is 9.47 Å². The zero-order chi connectivity index (χ0) is 23.7. The van der Waals surface area contributed by atoms with Crippen LogP contribution in [0.4, 0.5) is 18.9 Å². The maximum Gasteiger partial charge on any atom is 0.262 e. The second-order valence-corrected chi connectivity index (χ2v) is 9.20. The quantitative estimate of drug-likeness (QED) is 0.567. The lowest BCUT2D eigenvalue weighted by Crippen LogP contribution is -2.40. The van der Waals surface area contributed by atoms with Crippen molar-refractivity contribution in [3.63, 3.8) is 0 Å². The van der Waals surface area contributed by atoms with Crippen LogP contribution in [-0.2, 0) is 19.5 Å². The first kappa shape index (κ1) is 24.0. The van der Waals surface area contributed by atoms with Crippen LogP contribution in [0.2, 0.25) is 0 Å². The highest BCUT2D eigenvalue weighted by atomic mass is 32.2. The summed E-state index contributed by atoms with van der Waals surface area (Å²) >= 11 is 0. The molecule has 174 valence electrons. The van der Waals surface area contributed by atoms with Gasteiger partial charge in [-0.05, 0) is 32.0 Å². The fraction of sp³-hybridized carbons (Fsp3) is 0.350. The van der Waals surface area contributed by atoms with Crippen LogP contribution in [0.5, 0.6) is 0 Å². The van der Waals surface area contributed by atoms with E-state index in [2.05, 4.69) is 5.32 Å². The lowest BCUT2D eigenvalue weighted by atomic mass is 10.2. The fourth-order valence-electron chi connectivity index (χ4n) is 2.97. The van der Waals surface area contributed by atoms with Gasteiger partial charge in [-0.1, -0.05) is 6.07 Å². The maximum atomic E-state index is 13.8. The number of nitrogens with one attached hydrogen (secondary N) is 2. The normalized spacial score (nSPS) is 18.9. The molecule has 0 aliphatic carbocycles. The number of carbonyl (C=O) groups excluding carboxylic acids is 1. The van der Waals surface area contributed by atoms with Gasteiger partial charge in [0.1, 0.15) is 17.6 Å². The smallest absolute Gasteiger partial charge is 0.262 e. The van der Waals surface area contributed by atoms with Crippen molar-refractivity contribution in [2.75, 3.05) is 17.9 Å². The van der Waals surface area contributed by atoms with E-state index in [-0.39, 0.29) is 18.7 Å². The second kappa shape index (κ2) is 9.06. The minimum atomic E-state index is -4.50. The summed E-state index contributed by atoms with van der Waals surface area (Å²) in [5, 5.41) is 12.6. The standard InChI is InChI=1S/C20H21F3N2O6S/c1-20(2)30-10-17(31-20)16(26)9-24-19(27)11-4-3-5-13(6-11)32(28,29)25-18-14(22)7-12(21)8-15(18)23/h3-8,16-17,25-26H,9-10H2,1-2H3,(H,24,27). The highest BCUT2D eigenvalue weighted by Crippen LogP contribution is 2.25. The van der Waals surface area contributed by atoms with E-state index in [1.807, 2.05) is 0 Å². The molecule has 1 aliphatic heterocycles. The first-order valence-corrected chi connectivity index (χ1v) is 10.9. The molecule has 2 aromatic rings. The number of benzene rings is 2. The summed E-state index contributed by atoms with van der Waals surface area (Å²) in [5.41, 5.74) is -1.13. The van der Waals surface area contributed by atoms with Crippen LogP contribution in [0, 0.1) is 17.5 Å². The van der Waals surface area contributed by atoms with Gasteiger partial charge in [0.05, 0.1) is 17.6 Å². The van der Waals surface area contributed by atoms with Crippen molar-refractivity contribution < 1.29 is 41.0 Å². The third-order valence-corrected chi connectivity index (χ3v) is 5.93. The molecule has 1 aliphatic rings. The van der Waals surface area contributed by atoms with Crippen LogP contribution in [-0.4, -0.2) is 50.6 Å². The SMILES string of the molecule is CC1(C)OCC(C(O)CNC(=O)c2cccc(S(=O)(=O)Nc3c(F)cc(F)cc3F)c2)O1. The number of anilines is 1. The number of hydrogen-bond acceptors (Lipinski definition) is 6. The lowest BCUT2D eigenvalue weighted by Gasteiger charge is -2.20. The molecule has 1 heterocycles. The van der Waals surface area contributed by atoms with Gasteiger partial charge in [-0.15, -0.1) is 0 Å². The molecule has 2 aromatic carbocycles. The average Bonchev–Trinajstić information content (AvgIpc) is 3.08.